The number of hydrogen-bond acceptors (Lipinski definition) is 4. The van der Waals surface area contributed by atoms with Gasteiger partial charge in [0.05, 0.1) is 11.1 Å². The number of aliphatic hydroxyl groups is 1. The quantitative estimate of drug-likeness (QED) is 0.890. The van der Waals surface area contributed by atoms with Gasteiger partial charge in [0.2, 0.25) is 0 Å². The number of rotatable bonds is 4. The van der Waals surface area contributed by atoms with Gasteiger partial charge >= 0.3 is 0 Å². The van der Waals surface area contributed by atoms with Crippen LogP contribution in [0.1, 0.15) is 30.9 Å². The Balaban J connectivity index is 1.70. The molecule has 5 heteroatoms. The Morgan fingerprint density at radius 3 is 2.84 bits per heavy atom. The number of aliphatic hydroxyl groups excluding tert-OH is 1. The van der Waals surface area contributed by atoms with Crippen LogP contribution in [-0.2, 0) is 0 Å². The Labute approximate surface area is 117 Å². The third kappa shape index (κ3) is 2.81. The molecule has 1 fully saturated rings. The summed E-state index contributed by atoms with van der Waals surface area (Å²) in [6, 6.07) is 4.12. The van der Waals surface area contributed by atoms with E-state index in [4.69, 9.17) is 21.1 Å². The normalized spacial score (nSPS) is 19.9. The van der Waals surface area contributed by atoms with E-state index in [2.05, 4.69) is 5.32 Å². The average Bonchev–Trinajstić information content (AvgIpc) is 2.36. The minimum atomic E-state index is -0.575. The Bertz CT molecular complexity index is 462. The van der Waals surface area contributed by atoms with Crippen molar-refractivity contribution in [3.8, 4) is 11.5 Å². The van der Waals surface area contributed by atoms with Crippen LogP contribution < -0.4 is 14.8 Å². The second-order valence-electron chi connectivity index (χ2n) is 5.08. The summed E-state index contributed by atoms with van der Waals surface area (Å²) in [5.74, 6) is 1.20. The van der Waals surface area contributed by atoms with Crippen LogP contribution >= 0.6 is 11.6 Å². The molecule has 1 heterocycles. The van der Waals surface area contributed by atoms with Crippen molar-refractivity contribution < 1.29 is 14.6 Å². The van der Waals surface area contributed by atoms with E-state index in [0.29, 0.717) is 42.3 Å². The molecule has 4 nitrogen and oxygen atoms in total. The average molecular weight is 284 g/mol. The van der Waals surface area contributed by atoms with Crippen molar-refractivity contribution >= 4 is 11.6 Å². The molecule has 2 aliphatic rings. The van der Waals surface area contributed by atoms with E-state index in [-0.39, 0.29) is 0 Å². The molecule has 1 atom stereocenters. The highest BCUT2D eigenvalue weighted by Crippen LogP contribution is 2.39. The van der Waals surface area contributed by atoms with Crippen molar-refractivity contribution in [2.75, 3.05) is 19.8 Å². The summed E-state index contributed by atoms with van der Waals surface area (Å²) in [5.41, 5.74) is 0.765. The summed E-state index contributed by atoms with van der Waals surface area (Å²) in [7, 11) is 0. The molecule has 104 valence electrons. The highest BCUT2D eigenvalue weighted by Gasteiger charge is 2.21. The molecule has 0 bridgehead atoms. The SMILES string of the molecule is OC(CNC1CCC1)c1cc(Cl)c2c(c1)OCCO2. The Morgan fingerprint density at radius 2 is 2.11 bits per heavy atom. The fourth-order valence-corrected chi connectivity index (χ4v) is 2.61. The lowest BCUT2D eigenvalue weighted by molar-refractivity contribution is 0.156. The molecule has 1 aliphatic heterocycles. The second-order valence-corrected chi connectivity index (χ2v) is 5.49. The third-order valence-electron chi connectivity index (χ3n) is 3.71. The molecule has 19 heavy (non-hydrogen) atoms. The van der Waals surface area contributed by atoms with Crippen LogP contribution in [-0.4, -0.2) is 30.9 Å². The van der Waals surface area contributed by atoms with Crippen LogP contribution in [0.3, 0.4) is 0 Å². The summed E-state index contributed by atoms with van der Waals surface area (Å²) in [6.45, 7) is 1.57. The van der Waals surface area contributed by atoms with E-state index in [1.54, 1.807) is 6.07 Å². The van der Waals surface area contributed by atoms with Gasteiger partial charge in [0.25, 0.3) is 0 Å². The molecule has 1 unspecified atom stereocenters. The summed E-state index contributed by atoms with van der Waals surface area (Å²) in [6.07, 6.45) is 3.11. The van der Waals surface area contributed by atoms with Gasteiger partial charge in [0, 0.05) is 12.6 Å². The molecule has 1 saturated carbocycles. The van der Waals surface area contributed by atoms with E-state index in [0.717, 1.165) is 5.56 Å². The van der Waals surface area contributed by atoms with Crippen molar-refractivity contribution in [3.63, 3.8) is 0 Å². The first kappa shape index (κ1) is 13.0. The Hall–Kier alpha value is -0.970. The number of nitrogens with one attached hydrogen (secondary N) is 1. The molecule has 0 amide bonds. The zero-order chi connectivity index (χ0) is 13.2. The topological polar surface area (TPSA) is 50.7 Å². The molecule has 1 aliphatic carbocycles. The lowest BCUT2D eigenvalue weighted by Gasteiger charge is -2.28. The number of hydrogen-bond donors (Lipinski definition) is 2. The van der Waals surface area contributed by atoms with E-state index < -0.39 is 6.10 Å². The van der Waals surface area contributed by atoms with Gasteiger partial charge in [-0.2, -0.15) is 0 Å². The summed E-state index contributed by atoms with van der Waals surface area (Å²) in [4.78, 5) is 0. The predicted molar refractivity (Wildman–Crippen MR) is 73.0 cm³/mol. The van der Waals surface area contributed by atoms with Gasteiger partial charge in [-0.25, -0.2) is 0 Å². The fourth-order valence-electron chi connectivity index (χ4n) is 2.33. The smallest absolute Gasteiger partial charge is 0.179 e. The number of ether oxygens (including phenoxy) is 2. The highest BCUT2D eigenvalue weighted by molar-refractivity contribution is 6.32. The van der Waals surface area contributed by atoms with E-state index in [1.807, 2.05) is 6.07 Å². The van der Waals surface area contributed by atoms with Gasteiger partial charge in [-0.05, 0) is 30.5 Å². The van der Waals surface area contributed by atoms with Gasteiger partial charge in [-0.1, -0.05) is 18.0 Å². The highest BCUT2D eigenvalue weighted by atomic mass is 35.5. The van der Waals surface area contributed by atoms with Gasteiger partial charge in [0.15, 0.2) is 11.5 Å². The minimum absolute atomic E-state index is 0.495. The molecule has 0 spiro atoms. The number of halogens is 1. The van der Waals surface area contributed by atoms with Crippen molar-refractivity contribution in [2.24, 2.45) is 0 Å². The molecule has 2 N–H and O–H groups in total. The molecule has 1 aromatic carbocycles. The van der Waals surface area contributed by atoms with E-state index in [9.17, 15) is 5.11 Å². The summed E-state index contributed by atoms with van der Waals surface area (Å²) >= 11 is 6.16. The van der Waals surface area contributed by atoms with Crippen LogP contribution in [0.2, 0.25) is 5.02 Å². The fraction of sp³-hybridized carbons (Fsp3) is 0.571. The maximum absolute atomic E-state index is 10.2. The molecule has 0 saturated heterocycles. The zero-order valence-corrected chi connectivity index (χ0v) is 11.4. The minimum Gasteiger partial charge on any atom is -0.486 e. The van der Waals surface area contributed by atoms with Gasteiger partial charge in [-0.3, -0.25) is 0 Å². The van der Waals surface area contributed by atoms with E-state index >= 15 is 0 Å². The van der Waals surface area contributed by atoms with Crippen LogP contribution in [0.5, 0.6) is 11.5 Å². The maximum atomic E-state index is 10.2. The number of fused-ring (bicyclic) bond motifs is 1. The van der Waals surface area contributed by atoms with Gasteiger partial charge < -0.3 is 19.9 Å². The largest absolute Gasteiger partial charge is 0.486 e. The lowest BCUT2D eigenvalue weighted by atomic mass is 9.93. The summed E-state index contributed by atoms with van der Waals surface area (Å²) in [5, 5.41) is 14.0. The van der Waals surface area contributed by atoms with Crippen molar-refractivity contribution in [2.45, 2.75) is 31.4 Å². The third-order valence-corrected chi connectivity index (χ3v) is 3.99. The Morgan fingerprint density at radius 1 is 1.32 bits per heavy atom. The molecule has 3 rings (SSSR count). The number of benzene rings is 1. The standard InChI is InChI=1S/C14H18ClNO3/c15-11-6-9(7-13-14(11)19-5-4-18-13)12(17)8-16-10-2-1-3-10/h6-7,10,12,16-17H,1-5,8H2. The first-order chi connectivity index (χ1) is 9.24. The molecule has 0 aromatic heterocycles. The van der Waals surface area contributed by atoms with Crippen LogP contribution in [0.15, 0.2) is 12.1 Å². The van der Waals surface area contributed by atoms with Crippen LogP contribution in [0.4, 0.5) is 0 Å². The maximum Gasteiger partial charge on any atom is 0.179 e. The van der Waals surface area contributed by atoms with Crippen molar-refractivity contribution in [3.05, 3.63) is 22.7 Å². The molecule has 1 aromatic rings. The second kappa shape index (κ2) is 5.57. The monoisotopic (exact) mass is 283 g/mol. The zero-order valence-electron chi connectivity index (χ0n) is 10.7. The first-order valence-corrected chi connectivity index (χ1v) is 7.12. The van der Waals surface area contributed by atoms with Crippen LogP contribution in [0, 0.1) is 0 Å². The van der Waals surface area contributed by atoms with Gasteiger partial charge in [0.1, 0.15) is 13.2 Å². The van der Waals surface area contributed by atoms with Crippen LogP contribution in [0.25, 0.3) is 0 Å². The van der Waals surface area contributed by atoms with Gasteiger partial charge in [-0.15, -0.1) is 0 Å². The molecular weight excluding hydrogens is 266 g/mol. The Kier molecular flexibility index (Phi) is 3.82. The van der Waals surface area contributed by atoms with Crippen molar-refractivity contribution in [1.82, 2.24) is 5.32 Å². The molecule has 0 radical (unpaired) electrons. The first-order valence-electron chi connectivity index (χ1n) is 6.74. The molecular formula is C14H18ClNO3. The van der Waals surface area contributed by atoms with Crippen molar-refractivity contribution in [1.29, 1.82) is 0 Å². The predicted octanol–water partition coefficient (Wildman–Crippen LogP) is 2.29. The van der Waals surface area contributed by atoms with E-state index in [1.165, 1.54) is 19.3 Å². The summed E-state index contributed by atoms with van der Waals surface area (Å²) < 4.78 is 11.0. The lowest BCUT2D eigenvalue weighted by Crippen LogP contribution is -2.37.